The lowest BCUT2D eigenvalue weighted by molar-refractivity contribution is -0.143. The molecule has 0 aromatic heterocycles. The van der Waals surface area contributed by atoms with Crippen molar-refractivity contribution in [2.45, 2.75) is 418 Å². The fourth-order valence-corrected chi connectivity index (χ4v) is 11.5. The van der Waals surface area contributed by atoms with Crippen LogP contribution in [0, 0.1) is 0 Å². The highest BCUT2D eigenvalue weighted by atomic mass is 16.5. The maximum absolute atomic E-state index is 12.5. The zero-order chi connectivity index (χ0) is 57.1. The first-order valence-electron chi connectivity index (χ1n) is 36.1. The highest BCUT2D eigenvalue weighted by Crippen LogP contribution is 2.19. The first-order chi connectivity index (χ1) is 39.0. The topological polar surface area (TPSA) is 95.9 Å². The van der Waals surface area contributed by atoms with E-state index in [1.165, 1.54) is 327 Å². The van der Waals surface area contributed by atoms with Crippen LogP contribution in [0.15, 0.2) is 24.3 Å². The third-order valence-corrected chi connectivity index (χ3v) is 17.0. The average Bonchev–Trinajstić information content (AvgIpc) is 3.45. The third-order valence-electron chi connectivity index (χ3n) is 17.0. The van der Waals surface area contributed by atoms with E-state index in [1.54, 1.807) is 0 Å². The van der Waals surface area contributed by atoms with E-state index in [0.717, 1.165) is 44.9 Å². The molecule has 0 aromatic carbocycles. The lowest BCUT2D eigenvalue weighted by Crippen LogP contribution is -2.45. The minimum Gasteiger partial charge on any atom is -0.466 e. The number of unbranched alkanes of at least 4 members (excludes halogenated alkanes) is 53. The molecule has 79 heavy (non-hydrogen) atoms. The summed E-state index contributed by atoms with van der Waals surface area (Å²) in [5.41, 5.74) is 0. The molecule has 468 valence electrons. The molecule has 2 atom stereocenters. The van der Waals surface area contributed by atoms with Gasteiger partial charge in [-0.05, 0) is 57.8 Å². The van der Waals surface area contributed by atoms with Crippen molar-refractivity contribution in [1.29, 1.82) is 0 Å². The summed E-state index contributed by atoms with van der Waals surface area (Å²) in [6.45, 7) is 4.98. The lowest BCUT2D eigenvalue weighted by Gasteiger charge is -2.22. The lowest BCUT2D eigenvalue weighted by atomic mass is 10.0. The van der Waals surface area contributed by atoms with Gasteiger partial charge in [-0.25, -0.2) is 0 Å². The summed E-state index contributed by atoms with van der Waals surface area (Å²) in [6.07, 6.45) is 86.8. The van der Waals surface area contributed by atoms with Gasteiger partial charge >= 0.3 is 5.97 Å². The van der Waals surface area contributed by atoms with Crippen LogP contribution < -0.4 is 5.32 Å². The molecule has 2 unspecified atom stereocenters. The van der Waals surface area contributed by atoms with Crippen molar-refractivity contribution in [3.8, 4) is 0 Å². The van der Waals surface area contributed by atoms with Gasteiger partial charge in [-0.1, -0.05) is 359 Å². The van der Waals surface area contributed by atoms with Crippen molar-refractivity contribution in [3.63, 3.8) is 0 Å². The third kappa shape index (κ3) is 65.4. The summed E-state index contributed by atoms with van der Waals surface area (Å²) in [7, 11) is 0. The van der Waals surface area contributed by atoms with Crippen LogP contribution in [-0.4, -0.2) is 47.4 Å². The highest BCUT2D eigenvalue weighted by molar-refractivity contribution is 5.76. The number of ether oxygens (including phenoxy) is 1. The van der Waals surface area contributed by atoms with Crippen molar-refractivity contribution in [2.75, 3.05) is 13.2 Å². The van der Waals surface area contributed by atoms with Gasteiger partial charge < -0.3 is 20.3 Å². The molecule has 0 aliphatic heterocycles. The summed E-state index contributed by atoms with van der Waals surface area (Å²) >= 11 is 0. The molecule has 0 spiro atoms. The molecule has 0 rings (SSSR count). The first kappa shape index (κ1) is 77.3. The van der Waals surface area contributed by atoms with E-state index in [9.17, 15) is 19.8 Å². The van der Waals surface area contributed by atoms with Crippen LogP contribution >= 0.6 is 0 Å². The SMILES string of the molecule is CCCCCCCCCCCCCCCC(=O)OCCCCCCCCCCCCCCC/C=C\C/C=C\CCCCCCCCCCCCCCCCCCCC(=O)NC(CO)C(O)CCCCCCCCCCCCCC. The van der Waals surface area contributed by atoms with Gasteiger partial charge in [0.2, 0.25) is 5.91 Å². The van der Waals surface area contributed by atoms with Crippen LogP contribution in [-0.2, 0) is 14.3 Å². The quantitative estimate of drug-likeness (QED) is 0.0320. The predicted molar refractivity (Wildman–Crippen MR) is 347 cm³/mol. The van der Waals surface area contributed by atoms with E-state index in [1.807, 2.05) is 0 Å². The summed E-state index contributed by atoms with van der Waals surface area (Å²) < 4.78 is 5.49. The van der Waals surface area contributed by atoms with E-state index in [4.69, 9.17) is 4.74 Å². The molecule has 0 aliphatic rings. The minimum absolute atomic E-state index is 0.0209. The second kappa shape index (κ2) is 68.8. The number of nitrogens with one attached hydrogen (secondary N) is 1. The minimum atomic E-state index is -0.661. The standard InChI is InChI=1S/C73H141NO5/c1-3-5-7-9-11-13-15-42-47-51-55-59-63-67-73(78)79-68-64-60-56-52-48-44-41-39-37-35-33-31-29-27-25-23-21-19-17-18-20-22-24-26-28-30-32-34-36-38-40-43-46-50-54-58-62-66-72(77)74-70(69-75)71(76)65-61-57-53-49-45-16-14-12-10-8-6-4-2/h17,19,23,25,70-71,75-76H,3-16,18,20-22,24,26-69H2,1-2H3,(H,74,77)/b19-17-,25-23-. The van der Waals surface area contributed by atoms with Crippen molar-refractivity contribution in [1.82, 2.24) is 5.32 Å². The Hall–Kier alpha value is -1.66. The smallest absolute Gasteiger partial charge is 0.305 e. The van der Waals surface area contributed by atoms with Crippen molar-refractivity contribution >= 4 is 11.9 Å². The average molecular weight is 1110 g/mol. The predicted octanol–water partition coefficient (Wildman–Crippen LogP) is 23.3. The number of aliphatic hydroxyl groups excluding tert-OH is 2. The zero-order valence-electron chi connectivity index (χ0n) is 53.6. The van der Waals surface area contributed by atoms with Crippen LogP contribution in [0.3, 0.4) is 0 Å². The molecule has 6 heteroatoms. The molecule has 0 aliphatic carbocycles. The normalized spacial score (nSPS) is 12.6. The largest absolute Gasteiger partial charge is 0.466 e. The van der Waals surface area contributed by atoms with E-state index in [2.05, 4.69) is 43.5 Å². The highest BCUT2D eigenvalue weighted by Gasteiger charge is 2.20. The van der Waals surface area contributed by atoms with Crippen LogP contribution in [0.2, 0.25) is 0 Å². The van der Waals surface area contributed by atoms with Gasteiger partial charge in [0.25, 0.3) is 0 Å². The number of carbonyl (C=O) groups is 2. The van der Waals surface area contributed by atoms with Gasteiger partial charge in [-0.2, -0.15) is 0 Å². The van der Waals surface area contributed by atoms with Crippen LogP contribution in [0.1, 0.15) is 406 Å². The maximum atomic E-state index is 12.5. The Bertz CT molecular complexity index is 1230. The van der Waals surface area contributed by atoms with E-state index in [-0.39, 0.29) is 18.5 Å². The fourth-order valence-electron chi connectivity index (χ4n) is 11.5. The Morgan fingerprint density at radius 3 is 0.962 bits per heavy atom. The molecule has 3 N–H and O–H groups in total. The molecule has 6 nitrogen and oxygen atoms in total. The number of hydrogen-bond acceptors (Lipinski definition) is 5. The molecule has 0 radical (unpaired) electrons. The van der Waals surface area contributed by atoms with Crippen LogP contribution in [0.5, 0.6) is 0 Å². The van der Waals surface area contributed by atoms with Gasteiger partial charge in [0.05, 0.1) is 25.4 Å². The van der Waals surface area contributed by atoms with Crippen LogP contribution in [0.4, 0.5) is 0 Å². The zero-order valence-corrected chi connectivity index (χ0v) is 53.6. The summed E-state index contributed by atoms with van der Waals surface area (Å²) in [5, 5.41) is 23.3. The molecule has 0 saturated heterocycles. The Morgan fingerprint density at radius 2 is 0.633 bits per heavy atom. The molecule has 0 aromatic rings. The number of hydrogen-bond donors (Lipinski definition) is 3. The van der Waals surface area contributed by atoms with E-state index >= 15 is 0 Å². The number of esters is 1. The molecule has 0 heterocycles. The number of carbonyl (C=O) groups excluding carboxylic acids is 2. The summed E-state index contributed by atoms with van der Waals surface area (Å²) in [4.78, 5) is 24.5. The fraction of sp³-hybridized carbons (Fsp3) is 0.918. The number of aliphatic hydroxyl groups is 2. The Morgan fingerprint density at radius 1 is 0.354 bits per heavy atom. The molecule has 0 fully saturated rings. The second-order valence-corrected chi connectivity index (χ2v) is 24.9. The second-order valence-electron chi connectivity index (χ2n) is 24.9. The van der Waals surface area contributed by atoms with Crippen molar-refractivity contribution < 1.29 is 24.5 Å². The Balaban J connectivity index is 3.34. The summed E-state index contributed by atoms with van der Waals surface area (Å²) in [6, 6.07) is -0.538. The van der Waals surface area contributed by atoms with Crippen LogP contribution in [0.25, 0.3) is 0 Å². The molecular weight excluding hydrogens is 971 g/mol. The van der Waals surface area contributed by atoms with E-state index in [0.29, 0.717) is 25.9 Å². The van der Waals surface area contributed by atoms with Crippen molar-refractivity contribution in [3.05, 3.63) is 24.3 Å². The number of amides is 1. The van der Waals surface area contributed by atoms with Crippen molar-refractivity contribution in [2.24, 2.45) is 0 Å². The monoisotopic (exact) mass is 1110 g/mol. The number of rotatable bonds is 68. The summed E-state index contributed by atoms with van der Waals surface area (Å²) in [5.74, 6) is -0.00975. The first-order valence-corrected chi connectivity index (χ1v) is 36.1. The molecular formula is C73H141NO5. The molecule has 1 amide bonds. The van der Waals surface area contributed by atoms with E-state index < -0.39 is 12.1 Å². The van der Waals surface area contributed by atoms with Gasteiger partial charge in [-0.3, -0.25) is 9.59 Å². The molecule has 0 bridgehead atoms. The maximum Gasteiger partial charge on any atom is 0.305 e. The van der Waals surface area contributed by atoms with Gasteiger partial charge in [0, 0.05) is 12.8 Å². The van der Waals surface area contributed by atoms with Gasteiger partial charge in [-0.15, -0.1) is 0 Å². The Labute approximate surface area is 494 Å². The number of allylic oxidation sites excluding steroid dienone is 4. The molecule has 0 saturated carbocycles. The van der Waals surface area contributed by atoms with Gasteiger partial charge in [0.15, 0.2) is 0 Å². The Kier molecular flexibility index (Phi) is 67.4. The van der Waals surface area contributed by atoms with Gasteiger partial charge in [0.1, 0.15) is 0 Å².